The first-order chi connectivity index (χ1) is 8.18. The molecule has 1 aromatic rings. The number of aromatic carboxylic acids is 1. The quantitative estimate of drug-likeness (QED) is 0.824. The molecule has 1 fully saturated rings. The number of aromatic nitrogens is 2. The summed E-state index contributed by atoms with van der Waals surface area (Å²) in [6.45, 7) is 3.67. The van der Waals surface area contributed by atoms with Crippen molar-refractivity contribution >= 4 is 5.97 Å². The Labute approximate surface area is 99.0 Å². The van der Waals surface area contributed by atoms with E-state index in [2.05, 4.69) is 9.97 Å². The standard InChI is InChI=1S/C11H16N2O4/c1-2-17-11(3-5-16-6-4-11)10-12-7-8(13-10)9(14)15/h7H,2-6H2,1H3,(H,12,13)(H,14,15). The molecule has 0 radical (unpaired) electrons. The molecule has 1 aromatic heterocycles. The van der Waals surface area contributed by atoms with Crippen molar-refractivity contribution in [2.45, 2.75) is 25.4 Å². The molecule has 0 atom stereocenters. The van der Waals surface area contributed by atoms with Gasteiger partial charge >= 0.3 is 5.97 Å². The van der Waals surface area contributed by atoms with Gasteiger partial charge in [0.25, 0.3) is 0 Å². The van der Waals surface area contributed by atoms with E-state index in [1.54, 1.807) is 0 Å². The zero-order valence-corrected chi connectivity index (χ0v) is 9.73. The molecule has 1 saturated heterocycles. The summed E-state index contributed by atoms with van der Waals surface area (Å²) in [5, 5.41) is 8.87. The maximum atomic E-state index is 10.8. The Balaban J connectivity index is 2.27. The molecule has 6 heteroatoms. The van der Waals surface area contributed by atoms with Gasteiger partial charge in [-0.2, -0.15) is 0 Å². The van der Waals surface area contributed by atoms with Crippen LogP contribution in [-0.2, 0) is 15.1 Å². The molecule has 17 heavy (non-hydrogen) atoms. The van der Waals surface area contributed by atoms with Crippen LogP contribution in [0, 0.1) is 0 Å². The van der Waals surface area contributed by atoms with Crippen molar-refractivity contribution in [1.29, 1.82) is 0 Å². The fourth-order valence-corrected chi connectivity index (χ4v) is 2.09. The minimum Gasteiger partial charge on any atom is -0.477 e. The van der Waals surface area contributed by atoms with E-state index in [4.69, 9.17) is 14.6 Å². The molecule has 0 unspecified atom stereocenters. The van der Waals surface area contributed by atoms with Gasteiger partial charge in [-0.15, -0.1) is 0 Å². The number of carboxylic acid groups (broad SMARTS) is 1. The van der Waals surface area contributed by atoms with E-state index in [0.717, 1.165) is 0 Å². The van der Waals surface area contributed by atoms with E-state index in [1.165, 1.54) is 6.20 Å². The van der Waals surface area contributed by atoms with Crippen molar-refractivity contribution in [3.63, 3.8) is 0 Å². The van der Waals surface area contributed by atoms with Crippen LogP contribution >= 0.6 is 0 Å². The lowest BCUT2D eigenvalue weighted by Gasteiger charge is -2.35. The highest BCUT2D eigenvalue weighted by Crippen LogP contribution is 2.34. The number of H-pyrrole nitrogens is 1. The van der Waals surface area contributed by atoms with Crippen LogP contribution in [0.25, 0.3) is 0 Å². The number of rotatable bonds is 4. The van der Waals surface area contributed by atoms with Crippen LogP contribution in [0.4, 0.5) is 0 Å². The van der Waals surface area contributed by atoms with Crippen molar-refractivity contribution in [2.24, 2.45) is 0 Å². The summed E-state index contributed by atoms with van der Waals surface area (Å²) in [6, 6.07) is 0. The topological polar surface area (TPSA) is 84.4 Å². The third-order valence-corrected chi connectivity index (χ3v) is 2.96. The second-order valence-corrected chi connectivity index (χ2v) is 3.99. The molecular weight excluding hydrogens is 224 g/mol. The number of hydrogen-bond donors (Lipinski definition) is 2. The lowest BCUT2D eigenvalue weighted by atomic mass is 9.93. The van der Waals surface area contributed by atoms with Crippen LogP contribution in [0.2, 0.25) is 0 Å². The fraction of sp³-hybridized carbons (Fsp3) is 0.636. The Morgan fingerprint density at radius 1 is 1.65 bits per heavy atom. The minimum absolute atomic E-state index is 0.0885. The van der Waals surface area contributed by atoms with E-state index in [-0.39, 0.29) is 5.69 Å². The molecule has 0 aromatic carbocycles. The number of nitrogens with one attached hydrogen (secondary N) is 1. The number of carbonyl (C=O) groups is 1. The van der Waals surface area contributed by atoms with E-state index in [1.807, 2.05) is 6.92 Å². The predicted molar refractivity (Wildman–Crippen MR) is 58.9 cm³/mol. The second kappa shape index (κ2) is 4.85. The van der Waals surface area contributed by atoms with E-state index in [0.29, 0.717) is 38.5 Å². The number of ether oxygens (including phenoxy) is 2. The van der Waals surface area contributed by atoms with Crippen molar-refractivity contribution in [2.75, 3.05) is 19.8 Å². The zero-order valence-electron chi connectivity index (χ0n) is 9.73. The van der Waals surface area contributed by atoms with Crippen molar-refractivity contribution in [3.8, 4) is 0 Å². The summed E-state index contributed by atoms with van der Waals surface area (Å²) in [6.07, 6.45) is 2.70. The van der Waals surface area contributed by atoms with Gasteiger partial charge in [0, 0.05) is 32.7 Å². The monoisotopic (exact) mass is 240 g/mol. The minimum atomic E-state index is -1.01. The molecule has 1 aliphatic heterocycles. The zero-order chi connectivity index (χ0) is 12.3. The van der Waals surface area contributed by atoms with Crippen molar-refractivity contribution in [3.05, 3.63) is 17.7 Å². The van der Waals surface area contributed by atoms with Gasteiger partial charge in [0.2, 0.25) is 0 Å². The summed E-state index contributed by atoms with van der Waals surface area (Å²) in [7, 11) is 0. The Kier molecular flexibility index (Phi) is 3.44. The maximum absolute atomic E-state index is 10.8. The third-order valence-electron chi connectivity index (χ3n) is 2.96. The fourth-order valence-electron chi connectivity index (χ4n) is 2.09. The highest BCUT2D eigenvalue weighted by atomic mass is 16.5. The molecule has 2 rings (SSSR count). The van der Waals surface area contributed by atoms with Crippen LogP contribution in [0.15, 0.2) is 6.20 Å². The highest BCUT2D eigenvalue weighted by Gasteiger charge is 2.38. The summed E-state index contributed by atoms with van der Waals surface area (Å²) in [5.41, 5.74) is -0.439. The van der Waals surface area contributed by atoms with Gasteiger partial charge in [0.1, 0.15) is 17.1 Å². The number of imidazole rings is 1. The van der Waals surface area contributed by atoms with Gasteiger partial charge in [-0.3, -0.25) is 0 Å². The van der Waals surface area contributed by atoms with Gasteiger partial charge in [0.15, 0.2) is 0 Å². The number of nitrogens with zero attached hydrogens (tertiary/aromatic N) is 1. The van der Waals surface area contributed by atoms with Gasteiger partial charge in [-0.25, -0.2) is 9.78 Å². The molecular formula is C11H16N2O4. The summed E-state index contributed by atoms with van der Waals surface area (Å²) in [4.78, 5) is 17.8. The largest absolute Gasteiger partial charge is 0.477 e. The maximum Gasteiger partial charge on any atom is 0.353 e. The number of aromatic amines is 1. The Hall–Kier alpha value is -1.40. The SMILES string of the molecule is CCOC1(c2ncc(C(=O)O)[nH]2)CCOCC1. The summed E-state index contributed by atoms with van der Waals surface area (Å²) >= 11 is 0. The molecule has 2 heterocycles. The summed E-state index contributed by atoms with van der Waals surface area (Å²) < 4.78 is 11.1. The van der Waals surface area contributed by atoms with Crippen LogP contribution in [-0.4, -0.2) is 40.9 Å². The Morgan fingerprint density at radius 2 is 2.35 bits per heavy atom. The molecule has 1 aliphatic rings. The molecule has 0 amide bonds. The van der Waals surface area contributed by atoms with Gasteiger partial charge in [-0.1, -0.05) is 0 Å². The van der Waals surface area contributed by atoms with Gasteiger partial charge in [0.05, 0.1) is 6.20 Å². The van der Waals surface area contributed by atoms with E-state index < -0.39 is 11.6 Å². The van der Waals surface area contributed by atoms with E-state index >= 15 is 0 Å². The summed E-state index contributed by atoms with van der Waals surface area (Å²) in [5.74, 6) is -0.428. The van der Waals surface area contributed by atoms with Crippen LogP contribution in [0.3, 0.4) is 0 Å². The van der Waals surface area contributed by atoms with Crippen LogP contribution in [0.5, 0.6) is 0 Å². The van der Waals surface area contributed by atoms with Gasteiger partial charge in [-0.05, 0) is 6.92 Å². The molecule has 0 spiro atoms. The Morgan fingerprint density at radius 3 is 2.88 bits per heavy atom. The van der Waals surface area contributed by atoms with Gasteiger partial charge < -0.3 is 19.6 Å². The smallest absolute Gasteiger partial charge is 0.353 e. The first kappa shape index (κ1) is 12.1. The molecule has 0 bridgehead atoms. The third kappa shape index (κ3) is 2.32. The predicted octanol–water partition coefficient (Wildman–Crippen LogP) is 1.15. The first-order valence-corrected chi connectivity index (χ1v) is 5.68. The molecule has 0 saturated carbocycles. The van der Waals surface area contributed by atoms with Crippen LogP contribution in [0.1, 0.15) is 36.1 Å². The van der Waals surface area contributed by atoms with E-state index in [9.17, 15) is 4.79 Å². The average molecular weight is 240 g/mol. The lowest BCUT2D eigenvalue weighted by molar-refractivity contribution is -0.117. The Bertz CT molecular complexity index is 390. The van der Waals surface area contributed by atoms with Crippen molar-refractivity contribution < 1.29 is 19.4 Å². The molecule has 0 aliphatic carbocycles. The molecule has 6 nitrogen and oxygen atoms in total. The number of hydrogen-bond acceptors (Lipinski definition) is 4. The highest BCUT2D eigenvalue weighted by molar-refractivity contribution is 5.85. The van der Waals surface area contributed by atoms with Crippen molar-refractivity contribution in [1.82, 2.24) is 9.97 Å². The second-order valence-electron chi connectivity index (χ2n) is 3.99. The molecule has 2 N–H and O–H groups in total. The van der Waals surface area contributed by atoms with Crippen LogP contribution < -0.4 is 0 Å². The average Bonchev–Trinajstić information content (AvgIpc) is 2.80. The molecule has 94 valence electrons. The normalized spacial score (nSPS) is 19.1. The number of carboxylic acids is 1. The first-order valence-electron chi connectivity index (χ1n) is 5.68. The lowest BCUT2D eigenvalue weighted by Crippen LogP contribution is -2.37.